The summed E-state index contributed by atoms with van der Waals surface area (Å²) in [5.41, 5.74) is 2.61. The Morgan fingerprint density at radius 1 is 1.53 bits per heavy atom. The summed E-state index contributed by atoms with van der Waals surface area (Å²) in [6.07, 6.45) is 10.3. The first-order valence-electron chi connectivity index (χ1n) is 5.26. The van der Waals surface area contributed by atoms with E-state index in [2.05, 4.69) is 47.5 Å². The Morgan fingerprint density at radius 2 is 2.33 bits per heavy atom. The molecule has 2 unspecified atom stereocenters. The van der Waals surface area contributed by atoms with Gasteiger partial charge in [-0.25, -0.2) is 0 Å². The summed E-state index contributed by atoms with van der Waals surface area (Å²) in [6.45, 7) is 2.08. The van der Waals surface area contributed by atoms with Crippen molar-refractivity contribution in [2.24, 2.45) is 10.9 Å². The molecule has 0 amide bonds. The fraction of sp³-hybridized carbons (Fsp3) is 0.417. The van der Waals surface area contributed by atoms with Gasteiger partial charge in [-0.1, -0.05) is 6.08 Å². The van der Waals surface area contributed by atoms with Crippen LogP contribution in [0.5, 0.6) is 0 Å². The third kappa shape index (κ3) is 1.48. The maximum absolute atomic E-state index is 4.23. The highest BCUT2D eigenvalue weighted by molar-refractivity contribution is 5.73. The van der Waals surface area contributed by atoms with E-state index in [1.807, 2.05) is 19.5 Å². The first kappa shape index (κ1) is 10.0. The zero-order valence-electron chi connectivity index (χ0n) is 9.44. The van der Waals surface area contributed by atoms with E-state index in [9.17, 15) is 0 Å². The lowest BCUT2D eigenvalue weighted by Gasteiger charge is -2.22. The average Bonchev–Trinajstić information content (AvgIpc) is 2.54. The number of fused-ring (bicyclic) bond motifs is 1. The minimum absolute atomic E-state index is 0.388. The molecule has 2 rings (SSSR count). The number of nitrogens with zero attached hydrogens (tertiary/aromatic N) is 2. The molecule has 1 saturated heterocycles. The molecule has 2 aliphatic rings. The Morgan fingerprint density at radius 3 is 3.00 bits per heavy atom. The SMILES string of the molecule is C/C=C1\C(=C/NC)C2C=NC=CC2N1C. The maximum atomic E-state index is 4.23. The van der Waals surface area contributed by atoms with Crippen LogP contribution in [-0.2, 0) is 0 Å². The van der Waals surface area contributed by atoms with Crippen molar-refractivity contribution in [1.29, 1.82) is 0 Å². The summed E-state index contributed by atoms with van der Waals surface area (Å²) in [5, 5.41) is 3.11. The fourth-order valence-electron chi connectivity index (χ4n) is 2.35. The molecule has 3 heteroatoms. The minimum atomic E-state index is 0.388. The van der Waals surface area contributed by atoms with E-state index >= 15 is 0 Å². The van der Waals surface area contributed by atoms with Crippen LogP contribution >= 0.6 is 0 Å². The van der Waals surface area contributed by atoms with Crippen LogP contribution in [0.25, 0.3) is 0 Å². The summed E-state index contributed by atoms with van der Waals surface area (Å²) in [4.78, 5) is 6.53. The number of hydrogen-bond donors (Lipinski definition) is 1. The molecule has 2 aliphatic heterocycles. The maximum Gasteiger partial charge on any atom is 0.0607 e. The third-order valence-electron chi connectivity index (χ3n) is 3.04. The van der Waals surface area contributed by atoms with Crippen LogP contribution in [0.1, 0.15) is 6.92 Å². The van der Waals surface area contributed by atoms with E-state index in [4.69, 9.17) is 0 Å². The van der Waals surface area contributed by atoms with Crippen molar-refractivity contribution in [2.75, 3.05) is 14.1 Å². The van der Waals surface area contributed by atoms with Crippen LogP contribution in [0, 0.1) is 5.92 Å². The van der Waals surface area contributed by atoms with Crippen LogP contribution in [0.2, 0.25) is 0 Å². The zero-order valence-corrected chi connectivity index (χ0v) is 9.44. The van der Waals surface area contributed by atoms with E-state index in [1.165, 1.54) is 11.3 Å². The van der Waals surface area contributed by atoms with Crippen molar-refractivity contribution in [3.8, 4) is 0 Å². The van der Waals surface area contributed by atoms with E-state index in [0.29, 0.717) is 12.0 Å². The second-order valence-corrected chi connectivity index (χ2v) is 3.83. The van der Waals surface area contributed by atoms with Crippen molar-refractivity contribution in [2.45, 2.75) is 13.0 Å². The van der Waals surface area contributed by atoms with Crippen LogP contribution in [-0.4, -0.2) is 31.3 Å². The summed E-state index contributed by atoms with van der Waals surface area (Å²) in [5.74, 6) is 0.388. The van der Waals surface area contributed by atoms with E-state index in [-0.39, 0.29) is 0 Å². The van der Waals surface area contributed by atoms with Gasteiger partial charge in [-0.15, -0.1) is 0 Å². The van der Waals surface area contributed by atoms with Gasteiger partial charge in [0, 0.05) is 49.9 Å². The highest BCUT2D eigenvalue weighted by Crippen LogP contribution is 2.37. The van der Waals surface area contributed by atoms with Crippen LogP contribution in [0.15, 0.2) is 40.8 Å². The van der Waals surface area contributed by atoms with Crippen LogP contribution in [0.4, 0.5) is 0 Å². The lowest BCUT2D eigenvalue weighted by Crippen LogP contribution is -2.28. The second-order valence-electron chi connectivity index (χ2n) is 3.83. The summed E-state index contributed by atoms with van der Waals surface area (Å²) in [6, 6.07) is 0.424. The molecule has 0 aromatic rings. The van der Waals surface area contributed by atoms with E-state index in [1.54, 1.807) is 0 Å². The first-order valence-corrected chi connectivity index (χ1v) is 5.26. The summed E-state index contributed by atoms with van der Waals surface area (Å²) in [7, 11) is 4.07. The number of likely N-dealkylation sites (N-methyl/N-ethyl adjacent to an activating group) is 1. The van der Waals surface area contributed by atoms with Gasteiger partial charge in [0.1, 0.15) is 0 Å². The molecule has 80 valence electrons. The van der Waals surface area contributed by atoms with Gasteiger partial charge in [0.15, 0.2) is 0 Å². The van der Waals surface area contributed by atoms with E-state index in [0.717, 1.165) is 0 Å². The molecule has 0 aromatic carbocycles. The molecule has 0 aromatic heterocycles. The number of hydrogen-bond acceptors (Lipinski definition) is 3. The standard InChI is InChI=1S/C12H17N3/c1-4-11-9(7-13-2)10-8-14-6-5-12(10)15(11)3/h4-8,10,12-13H,1-3H3/b9-7-,11-4+. The molecular formula is C12H17N3. The quantitative estimate of drug-likeness (QED) is 0.699. The van der Waals surface area contributed by atoms with Crippen molar-refractivity contribution >= 4 is 6.21 Å². The minimum Gasteiger partial charge on any atom is -0.394 e. The van der Waals surface area contributed by atoms with Crippen molar-refractivity contribution in [3.05, 3.63) is 35.8 Å². The molecule has 0 radical (unpaired) electrons. The number of allylic oxidation sites excluding steroid dienone is 2. The smallest absolute Gasteiger partial charge is 0.0607 e. The molecule has 1 N–H and O–H groups in total. The van der Waals surface area contributed by atoms with Gasteiger partial charge in [0.05, 0.1) is 6.04 Å². The lowest BCUT2D eigenvalue weighted by atomic mass is 9.95. The number of likely N-dealkylation sites (tertiary alicyclic amines) is 1. The average molecular weight is 203 g/mol. The monoisotopic (exact) mass is 203 g/mol. The summed E-state index contributed by atoms with van der Waals surface area (Å²) >= 11 is 0. The molecule has 2 heterocycles. The van der Waals surface area contributed by atoms with Gasteiger partial charge in [-0.2, -0.15) is 0 Å². The predicted octanol–water partition coefficient (Wildman–Crippen LogP) is 1.52. The molecule has 2 atom stereocenters. The molecule has 0 bridgehead atoms. The van der Waals surface area contributed by atoms with Crippen molar-refractivity contribution in [1.82, 2.24) is 10.2 Å². The molecule has 0 spiro atoms. The third-order valence-corrected chi connectivity index (χ3v) is 3.04. The molecular weight excluding hydrogens is 186 g/mol. The topological polar surface area (TPSA) is 27.6 Å². The van der Waals surface area contributed by atoms with Gasteiger partial charge in [0.25, 0.3) is 0 Å². The zero-order chi connectivity index (χ0) is 10.8. The normalized spacial score (nSPS) is 33.9. The lowest BCUT2D eigenvalue weighted by molar-refractivity contribution is 0.386. The molecule has 0 saturated carbocycles. The Labute approximate surface area is 90.9 Å². The van der Waals surface area contributed by atoms with Crippen LogP contribution in [0.3, 0.4) is 0 Å². The molecule has 0 aliphatic carbocycles. The Bertz CT molecular complexity index is 363. The molecule has 1 fully saturated rings. The molecule has 3 nitrogen and oxygen atoms in total. The number of rotatable bonds is 1. The Kier molecular flexibility index (Phi) is 2.62. The Balaban J connectivity index is 2.42. The number of aliphatic imine (C=N–C) groups is 1. The highest BCUT2D eigenvalue weighted by atomic mass is 15.2. The van der Waals surface area contributed by atoms with Gasteiger partial charge in [-0.05, 0) is 13.0 Å². The van der Waals surface area contributed by atoms with Gasteiger partial charge in [0.2, 0.25) is 0 Å². The predicted molar refractivity (Wildman–Crippen MR) is 63.6 cm³/mol. The van der Waals surface area contributed by atoms with Crippen LogP contribution < -0.4 is 5.32 Å². The van der Waals surface area contributed by atoms with Crippen molar-refractivity contribution in [3.63, 3.8) is 0 Å². The van der Waals surface area contributed by atoms with E-state index < -0.39 is 0 Å². The second kappa shape index (κ2) is 3.93. The van der Waals surface area contributed by atoms with Gasteiger partial charge >= 0.3 is 0 Å². The number of nitrogens with one attached hydrogen (secondary N) is 1. The first-order chi connectivity index (χ1) is 7.29. The largest absolute Gasteiger partial charge is 0.394 e. The van der Waals surface area contributed by atoms with Gasteiger partial charge in [-0.3, -0.25) is 4.99 Å². The highest BCUT2D eigenvalue weighted by Gasteiger charge is 2.37. The molecule has 15 heavy (non-hydrogen) atoms. The van der Waals surface area contributed by atoms with Gasteiger partial charge < -0.3 is 10.2 Å². The summed E-state index contributed by atoms with van der Waals surface area (Å²) < 4.78 is 0. The fourth-order valence-corrected chi connectivity index (χ4v) is 2.35. The van der Waals surface area contributed by atoms with Crippen molar-refractivity contribution < 1.29 is 0 Å². The Hall–Kier alpha value is -1.51.